The quantitative estimate of drug-likeness (QED) is 0.834. The Morgan fingerprint density at radius 1 is 1.05 bits per heavy atom. The van der Waals surface area contributed by atoms with Crippen molar-refractivity contribution in [3.8, 4) is 0 Å². The number of rotatable bonds is 2. The van der Waals surface area contributed by atoms with Gasteiger partial charge in [0.25, 0.3) is 0 Å². The van der Waals surface area contributed by atoms with E-state index in [-0.39, 0.29) is 6.04 Å². The highest BCUT2D eigenvalue weighted by molar-refractivity contribution is 5.73. The molecule has 1 saturated carbocycles. The van der Waals surface area contributed by atoms with E-state index in [2.05, 4.69) is 32.6 Å². The first-order valence-corrected chi connectivity index (χ1v) is 8.19. The van der Waals surface area contributed by atoms with Crippen LogP contribution in [0.15, 0.2) is 0 Å². The van der Waals surface area contributed by atoms with Gasteiger partial charge in [-0.05, 0) is 49.5 Å². The first kappa shape index (κ1) is 15.8. The highest BCUT2D eigenvalue weighted by atomic mass is 16.4. The molecule has 1 N–H and O–H groups in total. The zero-order valence-corrected chi connectivity index (χ0v) is 13.6. The van der Waals surface area contributed by atoms with E-state index in [4.69, 9.17) is 0 Å². The minimum absolute atomic E-state index is 0.257. The predicted octanol–water partition coefficient (Wildman–Crippen LogP) is 3.92. The predicted molar refractivity (Wildman–Crippen MR) is 81.8 cm³/mol. The Morgan fingerprint density at radius 2 is 1.65 bits per heavy atom. The maximum Gasteiger partial charge on any atom is 0.320 e. The van der Waals surface area contributed by atoms with E-state index < -0.39 is 5.97 Å². The van der Waals surface area contributed by atoms with Crippen LogP contribution in [-0.2, 0) is 4.79 Å². The molecule has 1 atom stereocenters. The fourth-order valence-electron chi connectivity index (χ4n) is 4.86. The fourth-order valence-corrected chi connectivity index (χ4v) is 4.86. The van der Waals surface area contributed by atoms with Crippen molar-refractivity contribution in [3.05, 3.63) is 0 Å². The maximum absolute atomic E-state index is 11.6. The van der Waals surface area contributed by atoms with E-state index in [9.17, 15) is 9.90 Å². The minimum atomic E-state index is -0.618. The van der Waals surface area contributed by atoms with Gasteiger partial charge in [0.2, 0.25) is 0 Å². The molecule has 1 saturated heterocycles. The highest BCUT2D eigenvalue weighted by Gasteiger charge is 2.43. The molecule has 1 aliphatic carbocycles. The third-order valence-corrected chi connectivity index (χ3v) is 5.08. The van der Waals surface area contributed by atoms with Gasteiger partial charge in [0.15, 0.2) is 0 Å². The van der Waals surface area contributed by atoms with Gasteiger partial charge < -0.3 is 5.11 Å². The lowest BCUT2D eigenvalue weighted by Gasteiger charge is -2.49. The molecular formula is C17H31NO2. The number of nitrogens with zero attached hydrogens (tertiary/aromatic N) is 1. The minimum Gasteiger partial charge on any atom is -0.480 e. The van der Waals surface area contributed by atoms with Crippen molar-refractivity contribution in [2.75, 3.05) is 6.54 Å². The smallest absolute Gasteiger partial charge is 0.320 e. The van der Waals surface area contributed by atoms with Crippen LogP contribution in [0, 0.1) is 10.8 Å². The van der Waals surface area contributed by atoms with Gasteiger partial charge in [0.1, 0.15) is 6.04 Å². The van der Waals surface area contributed by atoms with Crippen molar-refractivity contribution < 1.29 is 9.90 Å². The summed E-state index contributed by atoms with van der Waals surface area (Å²) in [5, 5.41) is 9.58. The third kappa shape index (κ3) is 3.75. The molecule has 3 nitrogen and oxygen atoms in total. The van der Waals surface area contributed by atoms with Crippen LogP contribution in [0.3, 0.4) is 0 Å². The largest absolute Gasteiger partial charge is 0.480 e. The number of carboxylic acids is 1. The molecule has 2 aliphatic rings. The Morgan fingerprint density at radius 3 is 2.20 bits per heavy atom. The molecule has 0 radical (unpaired) electrons. The van der Waals surface area contributed by atoms with Crippen molar-refractivity contribution in [1.29, 1.82) is 0 Å². The Bertz CT molecular complexity index is 346. The van der Waals surface area contributed by atoms with E-state index in [1.54, 1.807) is 0 Å². The van der Waals surface area contributed by atoms with Crippen molar-refractivity contribution in [2.24, 2.45) is 10.8 Å². The third-order valence-electron chi connectivity index (χ3n) is 5.08. The zero-order valence-electron chi connectivity index (χ0n) is 13.6. The molecule has 3 heteroatoms. The molecule has 1 aliphatic heterocycles. The van der Waals surface area contributed by atoms with E-state index in [1.807, 2.05) is 0 Å². The molecule has 0 aromatic carbocycles. The Kier molecular flexibility index (Phi) is 4.48. The highest BCUT2D eigenvalue weighted by Crippen LogP contribution is 2.47. The molecule has 1 heterocycles. The second-order valence-electron chi connectivity index (χ2n) is 8.51. The van der Waals surface area contributed by atoms with Crippen LogP contribution in [0.25, 0.3) is 0 Å². The average Bonchev–Trinajstić information content (AvgIpc) is 2.49. The van der Waals surface area contributed by atoms with Gasteiger partial charge in [-0.1, -0.05) is 40.5 Å². The summed E-state index contributed by atoms with van der Waals surface area (Å²) in [4.78, 5) is 14.0. The van der Waals surface area contributed by atoms with Gasteiger partial charge in [-0.3, -0.25) is 9.69 Å². The lowest BCUT2D eigenvalue weighted by molar-refractivity contribution is -0.145. The van der Waals surface area contributed by atoms with Gasteiger partial charge >= 0.3 is 5.97 Å². The number of carbonyl (C=O) groups is 1. The summed E-state index contributed by atoms with van der Waals surface area (Å²) in [6.07, 6.45) is 7.74. The average molecular weight is 281 g/mol. The van der Waals surface area contributed by atoms with Gasteiger partial charge in [0.05, 0.1) is 0 Å². The summed E-state index contributed by atoms with van der Waals surface area (Å²) in [7, 11) is 0. The first-order chi connectivity index (χ1) is 9.20. The number of hydrogen-bond acceptors (Lipinski definition) is 2. The van der Waals surface area contributed by atoms with Crippen LogP contribution < -0.4 is 0 Å². The molecule has 116 valence electrons. The monoisotopic (exact) mass is 281 g/mol. The summed E-state index contributed by atoms with van der Waals surface area (Å²) < 4.78 is 0. The number of aliphatic carboxylic acids is 1. The topological polar surface area (TPSA) is 40.5 Å². The van der Waals surface area contributed by atoms with Crippen LogP contribution in [0.4, 0.5) is 0 Å². The van der Waals surface area contributed by atoms with Crippen molar-refractivity contribution in [3.63, 3.8) is 0 Å². The normalized spacial score (nSPS) is 31.7. The molecule has 20 heavy (non-hydrogen) atoms. The summed E-state index contributed by atoms with van der Waals surface area (Å²) in [5.74, 6) is -0.618. The van der Waals surface area contributed by atoms with Crippen LogP contribution in [0.5, 0.6) is 0 Å². The van der Waals surface area contributed by atoms with Gasteiger partial charge in [-0.25, -0.2) is 0 Å². The number of hydrogen-bond donors (Lipinski definition) is 1. The summed E-state index contributed by atoms with van der Waals surface area (Å²) in [6.45, 7) is 10.3. The molecule has 0 aromatic rings. The second kappa shape index (κ2) is 5.67. The van der Waals surface area contributed by atoms with Crippen molar-refractivity contribution >= 4 is 5.97 Å². The van der Waals surface area contributed by atoms with E-state index in [0.29, 0.717) is 16.9 Å². The SMILES string of the molecule is CC1(C)CC(N2CCCCCC2C(=O)O)CC(C)(C)C1. The Labute approximate surface area is 123 Å². The summed E-state index contributed by atoms with van der Waals surface area (Å²) in [6, 6.07) is 0.181. The standard InChI is InChI=1S/C17H31NO2/c1-16(2)10-13(11-17(3,4)12-16)18-9-7-5-6-8-14(18)15(19)20/h13-14H,5-12H2,1-4H3,(H,19,20). The fraction of sp³-hybridized carbons (Fsp3) is 0.941. The number of likely N-dealkylation sites (tertiary alicyclic amines) is 1. The molecule has 2 fully saturated rings. The second-order valence-corrected chi connectivity index (χ2v) is 8.51. The van der Waals surface area contributed by atoms with Crippen molar-refractivity contribution in [1.82, 2.24) is 4.90 Å². The summed E-state index contributed by atoms with van der Waals surface area (Å²) >= 11 is 0. The Balaban J connectivity index is 2.19. The Hall–Kier alpha value is -0.570. The van der Waals surface area contributed by atoms with Gasteiger partial charge in [-0.2, -0.15) is 0 Å². The molecule has 0 aromatic heterocycles. The first-order valence-electron chi connectivity index (χ1n) is 8.19. The number of carboxylic acid groups (broad SMARTS) is 1. The van der Waals surface area contributed by atoms with Gasteiger partial charge in [-0.15, -0.1) is 0 Å². The van der Waals surface area contributed by atoms with Crippen LogP contribution >= 0.6 is 0 Å². The maximum atomic E-state index is 11.6. The molecule has 1 unspecified atom stereocenters. The summed E-state index contributed by atoms with van der Waals surface area (Å²) in [5.41, 5.74) is 0.642. The van der Waals surface area contributed by atoms with E-state index >= 15 is 0 Å². The van der Waals surface area contributed by atoms with Gasteiger partial charge in [0, 0.05) is 6.04 Å². The van der Waals surface area contributed by atoms with E-state index in [0.717, 1.165) is 38.6 Å². The lowest BCUT2D eigenvalue weighted by Crippen LogP contribution is -2.52. The molecule has 2 rings (SSSR count). The zero-order chi connectivity index (χ0) is 15.0. The van der Waals surface area contributed by atoms with Crippen LogP contribution in [0.2, 0.25) is 0 Å². The van der Waals surface area contributed by atoms with Crippen molar-refractivity contribution in [2.45, 2.75) is 84.7 Å². The molecular weight excluding hydrogens is 250 g/mol. The molecule has 0 spiro atoms. The van der Waals surface area contributed by atoms with Crippen LogP contribution in [-0.4, -0.2) is 34.6 Å². The van der Waals surface area contributed by atoms with E-state index in [1.165, 1.54) is 12.8 Å². The molecule has 0 bridgehead atoms. The lowest BCUT2D eigenvalue weighted by atomic mass is 9.63. The van der Waals surface area contributed by atoms with Crippen LogP contribution in [0.1, 0.15) is 72.6 Å². The molecule has 0 amide bonds.